The summed E-state index contributed by atoms with van der Waals surface area (Å²) in [5, 5.41) is 11.2. The summed E-state index contributed by atoms with van der Waals surface area (Å²) in [6.45, 7) is 4.12. The summed E-state index contributed by atoms with van der Waals surface area (Å²) in [6, 6.07) is 0. The molecule has 0 aliphatic heterocycles. The predicted octanol–water partition coefficient (Wildman–Crippen LogP) is 3.30. The number of rotatable bonds is 12. The average molecular weight is 458 g/mol. The lowest BCUT2D eigenvalue weighted by Gasteiger charge is -2.37. The van der Waals surface area contributed by atoms with Gasteiger partial charge in [0.15, 0.2) is 12.0 Å². The van der Waals surface area contributed by atoms with Gasteiger partial charge < -0.3 is 10.1 Å². The molecule has 1 heterocycles. The highest BCUT2D eigenvalue weighted by Crippen LogP contribution is 2.57. The van der Waals surface area contributed by atoms with E-state index in [2.05, 4.69) is 4.98 Å². The van der Waals surface area contributed by atoms with Gasteiger partial charge >= 0.3 is 13.6 Å². The van der Waals surface area contributed by atoms with Gasteiger partial charge in [0.05, 0.1) is 7.05 Å². The normalized spacial score (nSPS) is 15.2. The Morgan fingerprint density at radius 1 is 1.32 bits per heavy atom. The molecule has 0 aromatic carbocycles. The summed E-state index contributed by atoms with van der Waals surface area (Å²) in [5.41, 5.74) is 0.0647. The maximum atomic E-state index is 13.8. The van der Waals surface area contributed by atoms with Crippen molar-refractivity contribution in [3.8, 4) is 0 Å². The third-order valence-corrected chi connectivity index (χ3v) is 7.06. The Hall–Kier alpha value is -1.03. The zero-order valence-corrected chi connectivity index (χ0v) is 18.9. The fraction of sp³-hybridized carbons (Fsp3) is 0.733. The summed E-state index contributed by atoms with van der Waals surface area (Å²) in [4.78, 5) is 25.8. The van der Waals surface area contributed by atoms with Gasteiger partial charge in [-0.25, -0.2) is 13.9 Å². The van der Waals surface area contributed by atoms with E-state index < -0.39 is 24.6 Å². The van der Waals surface area contributed by atoms with E-state index in [1.165, 1.54) is 16.3 Å². The van der Waals surface area contributed by atoms with Gasteiger partial charge in [0.2, 0.25) is 5.69 Å². The maximum absolute atomic E-state index is 13.8. The van der Waals surface area contributed by atoms with Crippen molar-refractivity contribution < 1.29 is 18.8 Å². The Morgan fingerprint density at radius 2 is 1.86 bits per heavy atom. The Morgan fingerprint density at radius 3 is 2.21 bits per heavy atom. The van der Waals surface area contributed by atoms with Crippen LogP contribution in [0.4, 0.5) is 5.95 Å². The van der Waals surface area contributed by atoms with E-state index >= 15 is 0 Å². The van der Waals surface area contributed by atoms with E-state index in [1.807, 2.05) is 0 Å². The summed E-state index contributed by atoms with van der Waals surface area (Å²) in [5.74, 6) is -0.345. The first-order chi connectivity index (χ1) is 13.0. The zero-order chi connectivity index (χ0) is 21.6. The topological polar surface area (TPSA) is 111 Å². The number of nitrogens with zero attached hydrogens (tertiary/aromatic N) is 5. The molecule has 1 rings (SSSR count). The van der Waals surface area contributed by atoms with E-state index in [0.29, 0.717) is 6.29 Å². The number of halogens is 2. The molecule has 0 radical (unpaired) electrons. The molecule has 0 spiro atoms. The van der Waals surface area contributed by atoms with Crippen molar-refractivity contribution in [3.05, 3.63) is 21.5 Å². The Balaban J connectivity index is 3.52. The largest absolute Gasteiger partial charge is 0.435 e. The molecule has 0 aliphatic carbocycles. The number of hydrogen-bond donors (Lipinski definition) is 0. The van der Waals surface area contributed by atoms with E-state index in [0.717, 1.165) is 0 Å². The van der Waals surface area contributed by atoms with E-state index in [1.54, 1.807) is 32.6 Å². The van der Waals surface area contributed by atoms with Crippen molar-refractivity contribution in [3.63, 3.8) is 0 Å². The Kier molecular flexibility index (Phi) is 9.52. The molecule has 0 aliphatic rings. The second-order valence-electron chi connectivity index (χ2n) is 6.56. The molecule has 28 heavy (non-hydrogen) atoms. The molecule has 0 saturated carbocycles. The van der Waals surface area contributed by atoms with Gasteiger partial charge in [-0.2, -0.15) is 0 Å². The van der Waals surface area contributed by atoms with E-state index in [4.69, 9.17) is 27.7 Å². The number of aldehydes is 1. The summed E-state index contributed by atoms with van der Waals surface area (Å²) in [7, 11) is 1.01. The lowest BCUT2D eigenvalue weighted by molar-refractivity contribution is -0.396. The maximum Gasteiger partial charge on any atom is 0.435 e. The minimum Gasteiger partial charge on any atom is -0.390 e. The van der Waals surface area contributed by atoms with Crippen LogP contribution in [0.2, 0.25) is 0 Å². The van der Waals surface area contributed by atoms with Crippen molar-refractivity contribution in [2.24, 2.45) is 13.0 Å². The SMILES string of the molecule is CC(C)C(OP(=O)(N(C)C)N(CCCl)CCCl)c1c(C=O)nc([N+](=O)[O-])n1C. The van der Waals surface area contributed by atoms with Crippen molar-refractivity contribution in [2.45, 2.75) is 20.0 Å². The van der Waals surface area contributed by atoms with Crippen LogP contribution >= 0.6 is 30.9 Å². The quantitative estimate of drug-likeness (QED) is 0.154. The molecule has 1 aromatic rings. The standard InChI is InChI=1S/C15H26Cl2N5O5P/c1-11(2)14(13-12(10-23)18-15(20(13)5)22(24)25)27-28(26,19(3)4)21(8-6-16)9-7-17/h10-11,14H,6-9H2,1-5H3. The molecule has 0 amide bonds. The zero-order valence-electron chi connectivity index (χ0n) is 16.5. The number of imidazole rings is 1. The molecular formula is C15H26Cl2N5O5P. The van der Waals surface area contributed by atoms with Crippen LogP contribution in [0.15, 0.2) is 0 Å². The van der Waals surface area contributed by atoms with Crippen LogP contribution in [0.25, 0.3) is 0 Å². The van der Waals surface area contributed by atoms with Gasteiger partial charge in [-0.3, -0.25) is 13.9 Å². The molecule has 0 saturated heterocycles. The number of nitro groups is 1. The van der Waals surface area contributed by atoms with Crippen LogP contribution in [0.3, 0.4) is 0 Å². The van der Waals surface area contributed by atoms with Gasteiger partial charge in [0.25, 0.3) is 0 Å². The van der Waals surface area contributed by atoms with Crippen LogP contribution in [0.5, 0.6) is 0 Å². The molecule has 13 heteroatoms. The number of carbonyl (C=O) groups excluding carboxylic acids is 1. The molecule has 2 unspecified atom stereocenters. The van der Waals surface area contributed by atoms with Crippen LogP contribution in [0, 0.1) is 16.0 Å². The molecular weight excluding hydrogens is 432 g/mol. The van der Waals surface area contributed by atoms with Crippen LogP contribution < -0.4 is 0 Å². The van der Waals surface area contributed by atoms with Crippen LogP contribution in [-0.2, 0) is 16.1 Å². The average Bonchev–Trinajstić information content (AvgIpc) is 2.95. The Bertz CT molecular complexity index is 737. The molecule has 2 atom stereocenters. The van der Waals surface area contributed by atoms with Gasteiger partial charge in [-0.1, -0.05) is 18.8 Å². The summed E-state index contributed by atoms with van der Waals surface area (Å²) < 4.78 is 24.0. The van der Waals surface area contributed by atoms with Crippen molar-refractivity contribution in [1.29, 1.82) is 0 Å². The van der Waals surface area contributed by atoms with Crippen molar-refractivity contribution >= 4 is 43.1 Å². The third-order valence-electron chi connectivity index (χ3n) is 4.09. The first-order valence-electron chi connectivity index (χ1n) is 8.54. The number of aromatic nitrogens is 2. The van der Waals surface area contributed by atoms with Gasteiger partial charge in [-0.05, 0) is 24.9 Å². The first-order valence-corrected chi connectivity index (χ1v) is 11.1. The minimum atomic E-state index is -3.60. The fourth-order valence-corrected chi connectivity index (χ4v) is 5.53. The predicted molar refractivity (Wildman–Crippen MR) is 108 cm³/mol. The van der Waals surface area contributed by atoms with Crippen LogP contribution in [0.1, 0.15) is 36.1 Å². The molecule has 1 aromatic heterocycles. The summed E-state index contributed by atoms with van der Waals surface area (Å²) >= 11 is 11.7. The lowest BCUT2D eigenvalue weighted by Crippen LogP contribution is -2.33. The highest BCUT2D eigenvalue weighted by atomic mass is 35.5. The smallest absolute Gasteiger partial charge is 0.390 e. The minimum absolute atomic E-state index is 0.126. The second-order valence-corrected chi connectivity index (χ2v) is 9.87. The number of alkyl halides is 2. The number of carbonyl (C=O) groups is 1. The van der Waals surface area contributed by atoms with Gasteiger partial charge in [0.1, 0.15) is 6.10 Å². The van der Waals surface area contributed by atoms with E-state index in [9.17, 15) is 19.5 Å². The van der Waals surface area contributed by atoms with Crippen molar-refractivity contribution in [2.75, 3.05) is 38.9 Å². The van der Waals surface area contributed by atoms with Crippen LogP contribution in [-0.4, -0.2) is 69.0 Å². The summed E-state index contributed by atoms with van der Waals surface area (Å²) in [6.07, 6.45) is -0.468. The monoisotopic (exact) mass is 457 g/mol. The lowest BCUT2D eigenvalue weighted by atomic mass is 10.0. The van der Waals surface area contributed by atoms with Gasteiger partial charge in [-0.15, -0.1) is 23.2 Å². The molecule has 0 bridgehead atoms. The fourth-order valence-electron chi connectivity index (χ4n) is 2.72. The Labute approximate surface area is 174 Å². The first kappa shape index (κ1) is 25.0. The highest BCUT2D eigenvalue weighted by Gasteiger charge is 2.42. The number of hydrogen-bond acceptors (Lipinski definition) is 6. The van der Waals surface area contributed by atoms with Gasteiger partial charge in [0, 0.05) is 24.8 Å². The van der Waals surface area contributed by atoms with Crippen molar-refractivity contribution in [1.82, 2.24) is 18.9 Å². The highest BCUT2D eigenvalue weighted by molar-refractivity contribution is 7.53. The third kappa shape index (κ3) is 5.31. The van der Waals surface area contributed by atoms with E-state index in [-0.39, 0.29) is 42.2 Å². The molecule has 0 N–H and O–H groups in total. The second kappa shape index (κ2) is 10.7. The molecule has 10 nitrogen and oxygen atoms in total. The molecule has 0 fully saturated rings. The molecule has 160 valence electrons.